The number of carbonyl (C=O) groups excluding carboxylic acids is 1. The summed E-state index contributed by atoms with van der Waals surface area (Å²) in [6.45, 7) is 4.17. The van der Waals surface area contributed by atoms with Gasteiger partial charge < -0.3 is 14.6 Å². The normalized spacial score (nSPS) is 24.5. The van der Waals surface area contributed by atoms with Gasteiger partial charge in [-0.2, -0.15) is 0 Å². The Morgan fingerprint density at radius 3 is 2.90 bits per heavy atom. The minimum absolute atomic E-state index is 0.134. The third-order valence-electron chi connectivity index (χ3n) is 6.69. The molecule has 0 radical (unpaired) electrons. The van der Waals surface area contributed by atoms with Crippen molar-refractivity contribution in [3.8, 4) is 0 Å². The highest BCUT2D eigenvalue weighted by molar-refractivity contribution is 7.05. The van der Waals surface area contributed by atoms with Crippen molar-refractivity contribution in [2.45, 2.75) is 13.0 Å². The molecule has 2 atom stereocenters. The van der Waals surface area contributed by atoms with Crippen LogP contribution in [-0.4, -0.2) is 62.5 Å². The van der Waals surface area contributed by atoms with Gasteiger partial charge in [-0.25, -0.2) is 4.37 Å². The quantitative estimate of drug-likeness (QED) is 0.700. The molecule has 2 aromatic heterocycles. The van der Waals surface area contributed by atoms with Gasteiger partial charge in [0.25, 0.3) is 0 Å². The summed E-state index contributed by atoms with van der Waals surface area (Å²) in [4.78, 5) is 18.7. The van der Waals surface area contributed by atoms with Crippen molar-refractivity contribution >= 4 is 28.3 Å². The van der Waals surface area contributed by atoms with Gasteiger partial charge in [-0.3, -0.25) is 9.69 Å². The molecule has 2 saturated heterocycles. The zero-order valence-corrected chi connectivity index (χ0v) is 17.4. The second-order valence-corrected chi connectivity index (χ2v) is 9.52. The van der Waals surface area contributed by atoms with E-state index in [9.17, 15) is 9.90 Å². The van der Waals surface area contributed by atoms with Crippen molar-refractivity contribution in [2.24, 2.45) is 18.4 Å². The summed E-state index contributed by atoms with van der Waals surface area (Å²) in [7, 11) is 2.02. The lowest BCUT2D eigenvalue weighted by Gasteiger charge is -2.27. The second kappa shape index (κ2) is 7.23. The van der Waals surface area contributed by atoms with E-state index in [-0.39, 0.29) is 17.9 Å². The molecule has 5 rings (SSSR count). The number of aliphatic hydroxyl groups is 1. The van der Waals surface area contributed by atoms with Gasteiger partial charge in [-0.15, -0.1) is 0 Å². The lowest BCUT2D eigenvalue weighted by Crippen LogP contribution is -2.39. The molecule has 29 heavy (non-hydrogen) atoms. The Bertz CT molecular complexity index is 1030. The van der Waals surface area contributed by atoms with E-state index < -0.39 is 0 Å². The number of aryl methyl sites for hydroxylation is 1. The van der Waals surface area contributed by atoms with Gasteiger partial charge in [0.1, 0.15) is 0 Å². The lowest BCUT2D eigenvalue weighted by molar-refractivity contribution is -0.130. The largest absolute Gasteiger partial charge is 0.396 e. The number of nitrogens with zero attached hydrogens (tertiary/aromatic N) is 4. The van der Waals surface area contributed by atoms with Crippen LogP contribution in [-0.2, 0) is 24.8 Å². The zero-order chi connectivity index (χ0) is 20.0. The van der Waals surface area contributed by atoms with Crippen molar-refractivity contribution in [1.82, 2.24) is 18.7 Å². The molecule has 2 unspecified atom stereocenters. The molecule has 1 aromatic carbocycles. The maximum Gasteiger partial charge on any atom is 0.227 e. The molecule has 0 saturated carbocycles. The maximum atomic E-state index is 13.1. The summed E-state index contributed by atoms with van der Waals surface area (Å²) in [6, 6.07) is 10.3. The molecule has 4 heterocycles. The number of para-hydroxylation sites is 1. The number of hydrogen-bond acceptors (Lipinski definition) is 5. The number of fused-ring (bicyclic) bond motifs is 2. The van der Waals surface area contributed by atoms with Gasteiger partial charge in [0.05, 0.1) is 13.0 Å². The number of carbonyl (C=O) groups is 1. The first-order valence-electron chi connectivity index (χ1n) is 10.1. The predicted octanol–water partition coefficient (Wildman–Crippen LogP) is 2.13. The molecular weight excluding hydrogens is 384 g/mol. The Morgan fingerprint density at radius 2 is 2.14 bits per heavy atom. The number of hydrogen-bond donors (Lipinski definition) is 1. The SMILES string of the molecule is Cn1cc(CC(=O)N2CC3CN(Cc4ccns4)CC3(CO)C2)c2ccccc21. The molecule has 0 spiro atoms. The Labute approximate surface area is 174 Å². The van der Waals surface area contributed by atoms with E-state index in [1.807, 2.05) is 30.3 Å². The molecule has 2 fully saturated rings. The van der Waals surface area contributed by atoms with Crippen LogP contribution in [0.15, 0.2) is 42.7 Å². The van der Waals surface area contributed by atoms with E-state index in [4.69, 9.17) is 0 Å². The van der Waals surface area contributed by atoms with Crippen LogP contribution in [0.3, 0.4) is 0 Å². The number of aromatic nitrogens is 2. The summed E-state index contributed by atoms with van der Waals surface area (Å²) >= 11 is 1.53. The van der Waals surface area contributed by atoms with Crippen LogP contribution in [0.5, 0.6) is 0 Å². The van der Waals surface area contributed by atoms with Crippen LogP contribution in [0.1, 0.15) is 10.4 Å². The van der Waals surface area contributed by atoms with Crippen LogP contribution in [0.2, 0.25) is 0 Å². The number of likely N-dealkylation sites (tertiary alicyclic amines) is 2. The third-order valence-corrected chi connectivity index (χ3v) is 7.42. The van der Waals surface area contributed by atoms with Gasteiger partial charge in [0.15, 0.2) is 0 Å². The molecule has 0 aliphatic carbocycles. The fourth-order valence-corrected chi connectivity index (χ4v) is 5.83. The molecular formula is C22H26N4O2S. The van der Waals surface area contributed by atoms with Crippen molar-refractivity contribution in [1.29, 1.82) is 0 Å². The van der Waals surface area contributed by atoms with Crippen molar-refractivity contribution in [2.75, 3.05) is 32.8 Å². The standard InChI is InChI=1S/C22H26N4O2S/c1-24-9-16(19-4-2-3-5-20(19)24)8-21(28)26-11-17-10-25(12-18-6-7-23-29-18)13-22(17,14-26)15-27/h2-7,9,17,27H,8,10-15H2,1H3. The molecule has 6 nitrogen and oxygen atoms in total. The topological polar surface area (TPSA) is 61.6 Å². The number of benzene rings is 1. The highest BCUT2D eigenvalue weighted by Crippen LogP contribution is 2.43. The minimum Gasteiger partial charge on any atom is -0.396 e. The predicted molar refractivity (Wildman–Crippen MR) is 114 cm³/mol. The zero-order valence-electron chi connectivity index (χ0n) is 16.6. The average Bonchev–Trinajstić information content (AvgIpc) is 3.47. The molecule has 1 N–H and O–H groups in total. The second-order valence-electron chi connectivity index (χ2n) is 8.60. The van der Waals surface area contributed by atoms with Crippen molar-refractivity contribution < 1.29 is 9.90 Å². The lowest BCUT2D eigenvalue weighted by atomic mass is 9.82. The minimum atomic E-state index is -0.195. The monoisotopic (exact) mass is 410 g/mol. The molecule has 152 valence electrons. The van der Waals surface area contributed by atoms with Crippen LogP contribution in [0.25, 0.3) is 10.9 Å². The summed E-state index contributed by atoms with van der Waals surface area (Å²) in [6.07, 6.45) is 4.32. The third kappa shape index (κ3) is 3.27. The van der Waals surface area contributed by atoms with E-state index >= 15 is 0 Å². The molecule has 3 aromatic rings. The number of rotatable bonds is 5. The summed E-state index contributed by atoms with van der Waals surface area (Å²) in [5.41, 5.74) is 2.04. The van der Waals surface area contributed by atoms with Crippen LogP contribution in [0, 0.1) is 11.3 Å². The molecule has 0 bridgehead atoms. The summed E-state index contributed by atoms with van der Waals surface area (Å²) in [5.74, 6) is 0.495. The van der Waals surface area contributed by atoms with Crippen LogP contribution >= 0.6 is 11.5 Å². The molecule has 2 aliphatic heterocycles. The van der Waals surface area contributed by atoms with Gasteiger partial charge in [0, 0.05) is 73.4 Å². The maximum absolute atomic E-state index is 13.1. The highest BCUT2D eigenvalue weighted by Gasteiger charge is 2.52. The smallest absolute Gasteiger partial charge is 0.227 e. The van der Waals surface area contributed by atoms with E-state index in [0.717, 1.165) is 42.6 Å². The Hall–Kier alpha value is -2.22. The van der Waals surface area contributed by atoms with E-state index in [1.165, 1.54) is 16.4 Å². The first kappa shape index (κ1) is 18.8. The van der Waals surface area contributed by atoms with Gasteiger partial charge in [0.2, 0.25) is 5.91 Å². The van der Waals surface area contributed by atoms with Crippen LogP contribution < -0.4 is 0 Å². The van der Waals surface area contributed by atoms with Crippen molar-refractivity contribution in [3.63, 3.8) is 0 Å². The number of aliphatic hydroxyl groups excluding tert-OH is 1. The van der Waals surface area contributed by atoms with Crippen LogP contribution in [0.4, 0.5) is 0 Å². The van der Waals surface area contributed by atoms with Gasteiger partial charge >= 0.3 is 0 Å². The summed E-state index contributed by atoms with van der Waals surface area (Å²) < 4.78 is 6.27. The van der Waals surface area contributed by atoms with Gasteiger partial charge in [-0.05, 0) is 35.1 Å². The fourth-order valence-electron chi connectivity index (χ4n) is 5.21. The Morgan fingerprint density at radius 1 is 1.28 bits per heavy atom. The average molecular weight is 411 g/mol. The highest BCUT2D eigenvalue weighted by atomic mass is 32.1. The number of amides is 1. The Balaban J connectivity index is 1.28. The van der Waals surface area contributed by atoms with Gasteiger partial charge in [-0.1, -0.05) is 18.2 Å². The molecule has 7 heteroatoms. The molecule has 2 aliphatic rings. The fraction of sp³-hybridized carbons (Fsp3) is 0.455. The van der Waals surface area contributed by atoms with Crippen molar-refractivity contribution in [3.05, 3.63) is 53.2 Å². The molecule has 1 amide bonds. The summed E-state index contributed by atoms with van der Waals surface area (Å²) in [5, 5.41) is 11.4. The first-order chi connectivity index (χ1) is 14.1. The van der Waals surface area contributed by atoms with E-state index in [0.29, 0.717) is 18.9 Å². The van der Waals surface area contributed by atoms with E-state index in [1.54, 1.807) is 0 Å². The first-order valence-corrected chi connectivity index (χ1v) is 10.9. The van der Waals surface area contributed by atoms with E-state index in [2.05, 4.69) is 38.2 Å². The Kier molecular flexibility index (Phi) is 4.69.